The Kier molecular flexibility index (Phi) is 16.2. The molecule has 0 aliphatic heterocycles. The molecule has 0 heterocycles. The van der Waals surface area contributed by atoms with Crippen LogP contribution >= 0.6 is 0 Å². The first-order chi connectivity index (χ1) is 9.87. The van der Waals surface area contributed by atoms with Crippen LogP contribution in [-0.2, 0) is 10.1 Å². The first-order valence-electron chi connectivity index (χ1n) is 8.55. The Bertz CT molecular complexity index is 346. The predicted octanol–water partition coefficient (Wildman–Crippen LogP) is 1.34. The maximum absolute atomic E-state index is 11.0. The van der Waals surface area contributed by atoms with Crippen molar-refractivity contribution in [2.75, 3.05) is 0 Å². The maximum atomic E-state index is 11.0. The van der Waals surface area contributed by atoms with Gasteiger partial charge in [0.25, 0.3) is 0 Å². The normalized spacial score (nSPS) is 14.4. The average molecular weight is 344 g/mol. The van der Waals surface area contributed by atoms with E-state index in [1.165, 1.54) is 51.9 Å². The summed E-state index contributed by atoms with van der Waals surface area (Å²) in [7, 11) is -4.62. The molecule has 6 heteroatoms. The topological polar surface area (TPSA) is 77.4 Å². The molecule has 0 radical (unpaired) electrons. The zero-order valence-electron chi connectivity index (χ0n) is 14.8. The Hall–Kier alpha value is 0.870. The van der Waals surface area contributed by atoms with Gasteiger partial charge in [-0.25, -0.2) is 8.42 Å². The van der Waals surface area contributed by atoms with E-state index in [-0.39, 0.29) is 42.4 Å². The summed E-state index contributed by atoms with van der Waals surface area (Å²) >= 11 is 0. The van der Waals surface area contributed by atoms with Crippen molar-refractivity contribution in [2.45, 2.75) is 102 Å². The summed E-state index contributed by atoms with van der Waals surface area (Å²) in [4.78, 5) is -2.06. The van der Waals surface area contributed by atoms with E-state index in [4.69, 9.17) is 0 Å². The van der Waals surface area contributed by atoms with Crippen molar-refractivity contribution in [3.63, 3.8) is 0 Å². The molecule has 0 aliphatic rings. The second-order valence-corrected chi connectivity index (χ2v) is 7.71. The van der Waals surface area contributed by atoms with Crippen molar-refractivity contribution in [1.29, 1.82) is 0 Å². The second-order valence-electron chi connectivity index (χ2n) is 6.04. The summed E-state index contributed by atoms with van der Waals surface area (Å²) in [5, 5.41) is 9.80. The first kappa shape index (κ1) is 25.1. The third-order valence-corrected chi connectivity index (χ3v) is 5.61. The molecule has 22 heavy (non-hydrogen) atoms. The third-order valence-electron chi connectivity index (χ3n) is 4.19. The van der Waals surface area contributed by atoms with Crippen LogP contribution in [0.5, 0.6) is 0 Å². The van der Waals surface area contributed by atoms with Gasteiger partial charge in [-0.3, -0.25) is 0 Å². The van der Waals surface area contributed by atoms with Crippen LogP contribution in [0.1, 0.15) is 97.3 Å². The molecule has 0 spiro atoms. The fraction of sp³-hybridized carbons (Fsp3) is 1.00. The Morgan fingerprint density at radius 2 is 1.18 bits per heavy atom. The quantitative estimate of drug-likeness (QED) is 0.293. The number of hydrogen-bond donors (Lipinski definition) is 1. The van der Waals surface area contributed by atoms with Gasteiger partial charge in [0.1, 0.15) is 10.1 Å². The molecule has 1 N–H and O–H groups in total. The van der Waals surface area contributed by atoms with Gasteiger partial charge in [-0.15, -0.1) is 0 Å². The molecule has 1 unspecified atom stereocenters. The summed E-state index contributed by atoms with van der Waals surface area (Å²) in [6.07, 6.45) is 12.8. The molecule has 1 atom stereocenters. The molecule has 0 saturated heterocycles. The molecule has 0 aromatic heterocycles. The molecule has 0 aromatic carbocycles. The number of aliphatic hydroxyl groups is 1. The van der Waals surface area contributed by atoms with Crippen LogP contribution in [0.2, 0.25) is 0 Å². The summed E-state index contributed by atoms with van der Waals surface area (Å²) in [6, 6.07) is 0. The van der Waals surface area contributed by atoms with Crippen LogP contribution in [-0.4, -0.2) is 23.0 Å². The van der Waals surface area contributed by atoms with Crippen LogP contribution in [0.25, 0.3) is 0 Å². The van der Waals surface area contributed by atoms with Crippen molar-refractivity contribution in [3.05, 3.63) is 0 Å². The van der Waals surface area contributed by atoms with Crippen LogP contribution in [0.4, 0.5) is 0 Å². The minimum Gasteiger partial charge on any atom is -0.746 e. The zero-order chi connectivity index (χ0) is 16.2. The Morgan fingerprint density at radius 3 is 1.50 bits per heavy atom. The Morgan fingerprint density at radius 1 is 0.818 bits per heavy atom. The smallest absolute Gasteiger partial charge is 0.746 e. The summed E-state index contributed by atoms with van der Waals surface area (Å²) in [6.45, 7) is 3.76. The van der Waals surface area contributed by atoms with Gasteiger partial charge in [-0.1, -0.05) is 78.1 Å². The van der Waals surface area contributed by atoms with E-state index >= 15 is 0 Å². The second kappa shape index (κ2) is 14.2. The van der Waals surface area contributed by atoms with E-state index < -0.39 is 15.1 Å². The van der Waals surface area contributed by atoms with Gasteiger partial charge in [-0.05, 0) is 19.3 Å². The zero-order valence-corrected chi connectivity index (χ0v) is 17.6. The van der Waals surface area contributed by atoms with E-state index in [0.29, 0.717) is 6.42 Å². The minimum atomic E-state index is -4.62. The van der Waals surface area contributed by atoms with Crippen LogP contribution in [0, 0.1) is 0 Å². The molecule has 0 saturated carbocycles. The molecule has 0 aromatic rings. The van der Waals surface area contributed by atoms with E-state index in [9.17, 15) is 18.1 Å². The molecular formula is C16H33NaO4S. The van der Waals surface area contributed by atoms with Crippen molar-refractivity contribution in [3.8, 4) is 0 Å². The maximum Gasteiger partial charge on any atom is 1.00 e. The van der Waals surface area contributed by atoms with Crippen molar-refractivity contribution < 1.29 is 47.6 Å². The molecule has 4 nitrogen and oxygen atoms in total. The van der Waals surface area contributed by atoms with Crippen molar-refractivity contribution in [2.24, 2.45) is 0 Å². The van der Waals surface area contributed by atoms with Crippen molar-refractivity contribution in [1.82, 2.24) is 0 Å². The number of hydrogen-bond acceptors (Lipinski definition) is 4. The van der Waals surface area contributed by atoms with Gasteiger partial charge in [-0.2, -0.15) is 0 Å². The van der Waals surface area contributed by atoms with Crippen LogP contribution in [0.15, 0.2) is 0 Å². The standard InChI is InChI=1S/C16H34O4S.Na/c1-3-5-6-7-8-9-10-11-12-13-14-15-16(17,4-2)21(18,19)20;/h17H,3-15H2,1-2H3,(H,18,19,20);/q;+1/p-1. The van der Waals surface area contributed by atoms with Gasteiger partial charge in [0, 0.05) is 0 Å². The van der Waals surface area contributed by atoms with E-state index in [2.05, 4.69) is 6.92 Å². The molecule has 0 rings (SSSR count). The van der Waals surface area contributed by atoms with Gasteiger partial charge in [0.15, 0.2) is 4.93 Å². The average Bonchev–Trinajstić information content (AvgIpc) is 2.43. The minimum absolute atomic E-state index is 0. The Labute approximate surface area is 159 Å². The third kappa shape index (κ3) is 11.4. The Balaban J connectivity index is 0. The SMILES string of the molecule is CCCCCCCCCCCCCC(O)(CC)S(=O)(=O)[O-].[Na+]. The van der Waals surface area contributed by atoms with Gasteiger partial charge in [0.2, 0.25) is 0 Å². The fourth-order valence-electron chi connectivity index (χ4n) is 2.54. The number of unbranched alkanes of at least 4 members (excludes halogenated alkanes) is 10. The fourth-order valence-corrected chi connectivity index (χ4v) is 3.29. The van der Waals surface area contributed by atoms with E-state index in [1.54, 1.807) is 0 Å². The molecule has 0 fully saturated rings. The first-order valence-corrected chi connectivity index (χ1v) is 9.96. The molecule has 128 valence electrons. The molecule has 0 amide bonds. The summed E-state index contributed by atoms with van der Waals surface area (Å²) in [5.41, 5.74) is 0. The monoisotopic (exact) mass is 344 g/mol. The van der Waals surface area contributed by atoms with E-state index in [1.807, 2.05) is 0 Å². The summed E-state index contributed by atoms with van der Waals surface area (Å²) in [5.74, 6) is 0. The molecular weight excluding hydrogens is 311 g/mol. The largest absolute Gasteiger partial charge is 1.00 e. The van der Waals surface area contributed by atoms with Crippen molar-refractivity contribution >= 4 is 10.1 Å². The number of rotatable bonds is 14. The van der Waals surface area contributed by atoms with Crippen LogP contribution < -0.4 is 29.6 Å². The van der Waals surface area contributed by atoms with Gasteiger partial charge in [0.05, 0.1) is 0 Å². The molecule has 0 bridgehead atoms. The molecule has 0 aliphatic carbocycles. The van der Waals surface area contributed by atoms with E-state index in [0.717, 1.165) is 19.3 Å². The van der Waals surface area contributed by atoms with Crippen LogP contribution in [0.3, 0.4) is 0 Å². The predicted molar refractivity (Wildman–Crippen MR) is 86.0 cm³/mol. The summed E-state index contributed by atoms with van der Waals surface area (Å²) < 4.78 is 33.0. The van der Waals surface area contributed by atoms with Gasteiger partial charge < -0.3 is 9.66 Å². The van der Waals surface area contributed by atoms with Gasteiger partial charge >= 0.3 is 29.6 Å².